The first kappa shape index (κ1) is 28.1. The van der Waals surface area contributed by atoms with Crippen molar-refractivity contribution in [1.29, 1.82) is 0 Å². The number of nitrogens with one attached hydrogen (secondary N) is 1. The summed E-state index contributed by atoms with van der Waals surface area (Å²) in [6.07, 6.45) is 17.4. The normalized spacial score (nSPS) is 16.7. The highest BCUT2D eigenvalue weighted by Crippen LogP contribution is 2.40. The van der Waals surface area contributed by atoms with E-state index in [1.165, 1.54) is 30.4 Å². The number of unbranched alkanes of at least 4 members (excludes halogenated alkanes) is 1. The molecule has 0 atom stereocenters. The lowest BCUT2D eigenvalue weighted by molar-refractivity contribution is -0.111. The van der Waals surface area contributed by atoms with Crippen LogP contribution in [0.5, 0.6) is 0 Å². The molecule has 0 fully saturated rings. The summed E-state index contributed by atoms with van der Waals surface area (Å²) in [7, 11) is 0. The zero-order valence-corrected chi connectivity index (χ0v) is 22.2. The molecule has 1 aromatic rings. The highest BCUT2D eigenvalue weighted by Gasteiger charge is 2.26. The summed E-state index contributed by atoms with van der Waals surface area (Å²) in [5.74, 6) is -0.558. The molecule has 0 radical (unpaired) electrons. The van der Waals surface area contributed by atoms with Crippen LogP contribution in [0, 0.1) is 5.41 Å². The quantitative estimate of drug-likeness (QED) is 0.161. The molecule has 1 N–H and O–H groups in total. The van der Waals surface area contributed by atoms with Crippen molar-refractivity contribution < 1.29 is 14.3 Å². The van der Waals surface area contributed by atoms with Gasteiger partial charge in [0.25, 0.3) is 0 Å². The second-order valence-corrected chi connectivity index (χ2v) is 9.98. The Kier molecular flexibility index (Phi) is 11.0. The number of ether oxygens (including phenoxy) is 1. The lowest BCUT2D eigenvalue weighted by Crippen LogP contribution is -2.19. The molecule has 0 bridgehead atoms. The van der Waals surface area contributed by atoms with Crippen LogP contribution in [-0.4, -0.2) is 18.5 Å². The summed E-state index contributed by atoms with van der Waals surface area (Å²) in [5, 5.41) is 2.83. The minimum absolute atomic E-state index is 0.215. The molecular weight excluding hydrogens is 434 g/mol. The van der Waals surface area contributed by atoms with Crippen molar-refractivity contribution in [3.8, 4) is 0 Å². The molecule has 1 aliphatic carbocycles. The van der Waals surface area contributed by atoms with Gasteiger partial charge in [-0.15, -0.1) is 0 Å². The van der Waals surface area contributed by atoms with Crippen molar-refractivity contribution in [3.05, 3.63) is 88.6 Å². The summed E-state index contributed by atoms with van der Waals surface area (Å²) >= 11 is 0. The maximum absolute atomic E-state index is 12.3. The molecule has 0 saturated carbocycles. The second kappa shape index (κ2) is 13.7. The number of hydrogen-bond acceptors (Lipinski definition) is 3. The molecule has 1 aliphatic rings. The number of carbonyl (C=O) groups excluding carboxylic acids is 2. The Bertz CT molecular complexity index is 1030. The van der Waals surface area contributed by atoms with Crippen LogP contribution < -0.4 is 5.32 Å². The first-order chi connectivity index (χ1) is 16.6. The van der Waals surface area contributed by atoms with Gasteiger partial charge in [-0.3, -0.25) is 4.79 Å². The van der Waals surface area contributed by atoms with Gasteiger partial charge in [0.15, 0.2) is 0 Å². The van der Waals surface area contributed by atoms with Crippen molar-refractivity contribution in [2.75, 3.05) is 11.9 Å². The molecule has 0 aliphatic heterocycles. The minimum Gasteiger partial charge on any atom is -0.462 e. The summed E-state index contributed by atoms with van der Waals surface area (Å²) in [4.78, 5) is 24.3. The molecule has 0 saturated heterocycles. The average Bonchev–Trinajstić information content (AvgIpc) is 2.78. The number of amides is 1. The standard InChI is InChI=1S/C31H41NO3/c1-7-8-21-35-30(34)26-15-17-27(18-16-26)32-29(33)22-24(3)12-9-11-23(2)14-19-28-25(4)13-10-20-31(28,5)6/h9,11-12,14-19,22H,7-8,10,13,20-21H2,1-6H3,(H,32,33)/b12-9+,19-14+,23-11+,24-22-. The Morgan fingerprint density at radius 1 is 1.09 bits per heavy atom. The van der Waals surface area contributed by atoms with E-state index in [0.717, 1.165) is 24.0 Å². The summed E-state index contributed by atoms with van der Waals surface area (Å²) in [6, 6.07) is 6.73. The van der Waals surface area contributed by atoms with Gasteiger partial charge in [-0.2, -0.15) is 0 Å². The third-order valence-electron chi connectivity index (χ3n) is 6.25. The molecule has 0 unspecified atom stereocenters. The van der Waals surface area contributed by atoms with Crippen molar-refractivity contribution in [3.63, 3.8) is 0 Å². The monoisotopic (exact) mass is 475 g/mol. The summed E-state index contributed by atoms with van der Waals surface area (Å²) in [6.45, 7) is 13.3. The molecule has 1 amide bonds. The van der Waals surface area contributed by atoms with Gasteiger partial charge in [-0.05, 0) is 87.3 Å². The molecule has 4 heteroatoms. The van der Waals surface area contributed by atoms with Gasteiger partial charge < -0.3 is 10.1 Å². The first-order valence-corrected chi connectivity index (χ1v) is 12.6. The Morgan fingerprint density at radius 3 is 2.46 bits per heavy atom. The Labute approximate surface area is 211 Å². The number of allylic oxidation sites excluding steroid dienone is 9. The highest BCUT2D eigenvalue weighted by molar-refractivity contribution is 6.00. The van der Waals surface area contributed by atoms with E-state index in [1.807, 2.05) is 26.0 Å². The van der Waals surface area contributed by atoms with Crippen LogP contribution in [0.15, 0.2) is 83.0 Å². The van der Waals surface area contributed by atoms with Crippen molar-refractivity contribution in [2.24, 2.45) is 5.41 Å². The first-order valence-electron chi connectivity index (χ1n) is 12.6. The lowest BCUT2D eigenvalue weighted by Gasteiger charge is -2.32. The van der Waals surface area contributed by atoms with Crippen LogP contribution in [0.1, 0.15) is 84.0 Å². The summed E-state index contributed by atoms with van der Waals surface area (Å²) in [5.41, 5.74) is 6.29. The van der Waals surface area contributed by atoms with Crippen LogP contribution in [0.25, 0.3) is 0 Å². The second-order valence-electron chi connectivity index (χ2n) is 9.98. The van der Waals surface area contributed by atoms with Gasteiger partial charge in [0.2, 0.25) is 5.91 Å². The maximum atomic E-state index is 12.3. The largest absolute Gasteiger partial charge is 0.462 e. The predicted octanol–water partition coefficient (Wildman–Crippen LogP) is 8.11. The SMILES string of the molecule is CCCCOC(=O)c1ccc(NC(=O)\C=C(C)/C=C/C=C(C)/C=C/C2=C(C)CCCC2(C)C)cc1. The van der Waals surface area contributed by atoms with Crippen LogP contribution >= 0.6 is 0 Å². The number of anilines is 1. The molecule has 1 aromatic carbocycles. The van der Waals surface area contributed by atoms with Crippen LogP contribution in [0.4, 0.5) is 5.69 Å². The molecule has 35 heavy (non-hydrogen) atoms. The summed E-state index contributed by atoms with van der Waals surface area (Å²) < 4.78 is 5.20. The maximum Gasteiger partial charge on any atom is 0.338 e. The van der Waals surface area contributed by atoms with Gasteiger partial charge in [-0.1, -0.05) is 68.7 Å². The van der Waals surface area contributed by atoms with E-state index in [0.29, 0.717) is 17.9 Å². The van der Waals surface area contributed by atoms with E-state index in [-0.39, 0.29) is 17.3 Å². The smallest absolute Gasteiger partial charge is 0.338 e. The van der Waals surface area contributed by atoms with Crippen LogP contribution in [0.2, 0.25) is 0 Å². The van der Waals surface area contributed by atoms with Crippen molar-refractivity contribution in [1.82, 2.24) is 0 Å². The molecule has 4 nitrogen and oxygen atoms in total. The fraction of sp³-hybridized carbons (Fsp3) is 0.419. The predicted molar refractivity (Wildman–Crippen MR) is 146 cm³/mol. The zero-order valence-electron chi connectivity index (χ0n) is 22.2. The Balaban J connectivity index is 1.90. The number of rotatable bonds is 10. The fourth-order valence-electron chi connectivity index (χ4n) is 4.15. The van der Waals surface area contributed by atoms with Gasteiger partial charge in [0.05, 0.1) is 12.2 Å². The van der Waals surface area contributed by atoms with Gasteiger partial charge >= 0.3 is 5.97 Å². The van der Waals surface area contributed by atoms with Crippen molar-refractivity contribution >= 4 is 17.6 Å². The topological polar surface area (TPSA) is 55.4 Å². The van der Waals surface area contributed by atoms with Crippen LogP contribution in [-0.2, 0) is 9.53 Å². The third kappa shape index (κ3) is 9.56. The van der Waals surface area contributed by atoms with E-state index >= 15 is 0 Å². The molecular formula is C31H41NO3. The van der Waals surface area contributed by atoms with E-state index in [9.17, 15) is 9.59 Å². The van der Waals surface area contributed by atoms with Crippen LogP contribution in [0.3, 0.4) is 0 Å². The Hall–Kier alpha value is -3.14. The number of benzene rings is 1. The van der Waals surface area contributed by atoms with E-state index < -0.39 is 0 Å². The number of hydrogen-bond donors (Lipinski definition) is 1. The van der Waals surface area contributed by atoms with Crippen molar-refractivity contribution in [2.45, 2.75) is 73.6 Å². The van der Waals surface area contributed by atoms with Gasteiger partial charge in [0.1, 0.15) is 0 Å². The molecule has 0 aromatic heterocycles. The minimum atomic E-state index is -0.343. The number of esters is 1. The Morgan fingerprint density at radius 2 is 1.80 bits per heavy atom. The van der Waals surface area contributed by atoms with E-state index in [1.54, 1.807) is 30.3 Å². The zero-order chi connectivity index (χ0) is 25.8. The molecule has 188 valence electrons. The highest BCUT2D eigenvalue weighted by atomic mass is 16.5. The lowest BCUT2D eigenvalue weighted by atomic mass is 9.72. The van der Waals surface area contributed by atoms with Gasteiger partial charge in [0, 0.05) is 11.8 Å². The molecule has 2 rings (SSSR count). The van der Waals surface area contributed by atoms with E-state index in [4.69, 9.17) is 4.74 Å². The number of carbonyl (C=O) groups is 2. The average molecular weight is 476 g/mol. The molecule has 0 heterocycles. The fourth-order valence-corrected chi connectivity index (χ4v) is 4.15. The van der Waals surface area contributed by atoms with E-state index in [2.05, 4.69) is 51.2 Å². The molecule has 0 spiro atoms. The van der Waals surface area contributed by atoms with Gasteiger partial charge in [-0.25, -0.2) is 4.79 Å². The third-order valence-corrected chi connectivity index (χ3v) is 6.25.